The van der Waals surface area contributed by atoms with Gasteiger partial charge in [-0.1, -0.05) is 62.8 Å². The Morgan fingerprint density at radius 2 is 2.16 bits per heavy atom. The van der Waals surface area contributed by atoms with Gasteiger partial charge in [0.15, 0.2) is 0 Å². The lowest BCUT2D eigenvalue weighted by molar-refractivity contribution is -0.129. The van der Waals surface area contributed by atoms with Crippen molar-refractivity contribution in [2.24, 2.45) is 11.3 Å². The van der Waals surface area contributed by atoms with E-state index in [9.17, 15) is 13.6 Å². The number of aromatic nitrogens is 1. The molecule has 0 radical (unpaired) electrons. The van der Waals surface area contributed by atoms with Crippen LogP contribution in [-0.2, 0) is 22.5 Å². The number of hydrogen-bond acceptors (Lipinski definition) is 5. The molecule has 2 aromatic rings. The maximum absolute atomic E-state index is 12.8. The summed E-state index contributed by atoms with van der Waals surface area (Å²) in [5, 5.41) is 6.15. The van der Waals surface area contributed by atoms with Crippen molar-refractivity contribution in [2.75, 3.05) is 0 Å². The van der Waals surface area contributed by atoms with Gasteiger partial charge in [0.2, 0.25) is 5.91 Å². The molecular weight excluding hydrogens is 442 g/mol. The average molecular weight is 473 g/mol. The van der Waals surface area contributed by atoms with Crippen LogP contribution in [0.1, 0.15) is 61.5 Å². The maximum atomic E-state index is 12.8. The Bertz CT molecular complexity index is 1040. The van der Waals surface area contributed by atoms with Gasteiger partial charge in [-0.05, 0) is 37.3 Å². The minimum atomic E-state index is -2.33. The summed E-state index contributed by atoms with van der Waals surface area (Å²) in [7, 11) is 0. The zero-order chi connectivity index (χ0) is 23.3. The van der Waals surface area contributed by atoms with Crippen LogP contribution < -0.4 is 10.0 Å². The molecule has 0 saturated heterocycles. The highest BCUT2D eigenvalue weighted by atomic mass is 32.2. The standard InChI is InChI=1S/C24H31N3O3S2/c1-16-6-5-7-18(12-16)13-20-15-31-22(25-20)21(26-23(28)24(2,3)4)14-17-8-10-19(11-9-17)27-32(29)30/h5-8,10-12,15,17,21,27H,9,13-14H2,1-4H3,(H,26,28)(H,29,30)/p-1/t17?,21-/m0/s1. The summed E-state index contributed by atoms with van der Waals surface area (Å²) >= 11 is -0.761. The largest absolute Gasteiger partial charge is 0.755 e. The number of nitrogens with one attached hydrogen (secondary N) is 2. The SMILES string of the molecule is Cc1cccc(Cc2csc([C@H](CC3C=CC(NS(=O)[O-])=CC3)NC(=O)C(C)(C)C)n2)c1. The first-order chi connectivity index (χ1) is 15.1. The molecule has 8 heteroatoms. The number of amides is 1. The van der Waals surface area contributed by atoms with E-state index < -0.39 is 16.7 Å². The molecule has 1 aromatic carbocycles. The van der Waals surface area contributed by atoms with Crippen LogP contribution in [0, 0.1) is 18.3 Å². The molecule has 3 atom stereocenters. The van der Waals surface area contributed by atoms with E-state index in [1.807, 2.05) is 32.9 Å². The Kier molecular flexibility index (Phi) is 8.03. The second kappa shape index (κ2) is 10.6. The quantitative estimate of drug-likeness (QED) is 0.554. The van der Waals surface area contributed by atoms with Crippen LogP contribution in [-0.4, -0.2) is 19.7 Å². The Morgan fingerprint density at radius 3 is 2.78 bits per heavy atom. The van der Waals surface area contributed by atoms with Crippen LogP contribution in [0.5, 0.6) is 0 Å². The first kappa shape index (κ1) is 24.4. The molecule has 1 aromatic heterocycles. The van der Waals surface area contributed by atoms with Gasteiger partial charge in [-0.25, -0.2) is 4.98 Å². The number of carbonyl (C=O) groups excluding carboxylic acids is 1. The minimum absolute atomic E-state index is 0.0163. The van der Waals surface area contributed by atoms with Crippen LogP contribution in [0.25, 0.3) is 0 Å². The molecule has 172 valence electrons. The summed E-state index contributed by atoms with van der Waals surface area (Å²) in [5.41, 5.74) is 3.50. The smallest absolute Gasteiger partial charge is 0.225 e. The maximum Gasteiger partial charge on any atom is 0.225 e. The van der Waals surface area contributed by atoms with Gasteiger partial charge in [0.1, 0.15) is 5.01 Å². The normalized spacial score (nSPS) is 18.0. The molecule has 0 saturated carbocycles. The predicted octanol–water partition coefficient (Wildman–Crippen LogP) is 4.48. The fraction of sp³-hybridized carbons (Fsp3) is 0.417. The number of benzene rings is 1. The highest BCUT2D eigenvalue weighted by Crippen LogP contribution is 2.31. The van der Waals surface area contributed by atoms with Crippen molar-refractivity contribution in [3.05, 3.63) is 75.4 Å². The molecule has 1 heterocycles. The molecular formula is C24H30N3O3S2-. The lowest BCUT2D eigenvalue weighted by Crippen LogP contribution is -2.38. The van der Waals surface area contributed by atoms with Crippen molar-refractivity contribution < 1.29 is 13.6 Å². The van der Waals surface area contributed by atoms with E-state index in [0.717, 1.165) is 17.1 Å². The van der Waals surface area contributed by atoms with Crippen molar-refractivity contribution in [1.29, 1.82) is 0 Å². The third kappa shape index (κ3) is 7.12. The van der Waals surface area contributed by atoms with Crippen LogP contribution in [0.2, 0.25) is 0 Å². The molecule has 0 bridgehead atoms. The summed E-state index contributed by atoms with van der Waals surface area (Å²) in [6.45, 7) is 7.77. The third-order valence-corrected chi connectivity index (χ3v) is 6.66. The molecule has 3 rings (SSSR count). The molecule has 32 heavy (non-hydrogen) atoms. The van der Waals surface area contributed by atoms with Crippen molar-refractivity contribution in [3.63, 3.8) is 0 Å². The Labute approximate surface area is 196 Å². The van der Waals surface area contributed by atoms with E-state index in [0.29, 0.717) is 18.5 Å². The van der Waals surface area contributed by atoms with Gasteiger partial charge in [0, 0.05) is 34.2 Å². The van der Waals surface area contributed by atoms with Crippen molar-refractivity contribution in [3.8, 4) is 0 Å². The van der Waals surface area contributed by atoms with E-state index in [2.05, 4.69) is 46.6 Å². The molecule has 0 fully saturated rings. The van der Waals surface area contributed by atoms with Crippen LogP contribution in [0.3, 0.4) is 0 Å². The van der Waals surface area contributed by atoms with Gasteiger partial charge in [0.05, 0.1) is 11.7 Å². The molecule has 1 aliphatic rings. The summed E-state index contributed by atoms with van der Waals surface area (Å²) in [5.74, 6) is 0.160. The van der Waals surface area contributed by atoms with Gasteiger partial charge in [-0.15, -0.1) is 11.3 Å². The Morgan fingerprint density at radius 1 is 1.38 bits per heavy atom. The summed E-state index contributed by atoms with van der Waals surface area (Å²) < 4.78 is 24.1. The summed E-state index contributed by atoms with van der Waals surface area (Å²) in [6.07, 6.45) is 7.78. The molecule has 2 N–H and O–H groups in total. The van der Waals surface area contributed by atoms with Crippen LogP contribution in [0.15, 0.2) is 53.6 Å². The van der Waals surface area contributed by atoms with Crippen molar-refractivity contribution in [1.82, 2.24) is 15.0 Å². The van der Waals surface area contributed by atoms with E-state index in [1.54, 1.807) is 17.4 Å². The topological polar surface area (TPSA) is 94.1 Å². The number of aryl methyl sites for hydroxylation is 1. The van der Waals surface area contributed by atoms with E-state index >= 15 is 0 Å². The molecule has 0 spiro atoms. The number of carbonyl (C=O) groups is 1. The van der Waals surface area contributed by atoms with Crippen molar-refractivity contribution in [2.45, 2.75) is 53.0 Å². The van der Waals surface area contributed by atoms with Crippen LogP contribution >= 0.6 is 11.3 Å². The average Bonchev–Trinajstić information content (AvgIpc) is 3.16. The molecule has 6 nitrogen and oxygen atoms in total. The van der Waals surface area contributed by atoms with Crippen molar-refractivity contribution >= 4 is 28.5 Å². The molecule has 1 aliphatic carbocycles. The first-order valence-corrected chi connectivity index (χ1v) is 12.6. The fourth-order valence-corrected chi connectivity index (χ4v) is 4.73. The van der Waals surface area contributed by atoms with Gasteiger partial charge in [0.25, 0.3) is 0 Å². The number of rotatable bonds is 8. The number of thiazole rings is 1. The van der Waals surface area contributed by atoms with E-state index in [4.69, 9.17) is 4.98 Å². The van der Waals surface area contributed by atoms with E-state index in [-0.39, 0.29) is 17.9 Å². The van der Waals surface area contributed by atoms with Gasteiger partial charge >= 0.3 is 0 Å². The van der Waals surface area contributed by atoms with Gasteiger partial charge in [-0.2, -0.15) is 0 Å². The zero-order valence-electron chi connectivity index (χ0n) is 18.9. The fourth-order valence-electron chi connectivity index (χ4n) is 3.51. The summed E-state index contributed by atoms with van der Waals surface area (Å²) in [4.78, 5) is 17.6. The number of allylic oxidation sites excluding steroid dienone is 3. The predicted molar refractivity (Wildman–Crippen MR) is 128 cm³/mol. The molecule has 1 amide bonds. The van der Waals surface area contributed by atoms with E-state index in [1.165, 1.54) is 11.1 Å². The zero-order valence-corrected chi connectivity index (χ0v) is 20.5. The van der Waals surface area contributed by atoms with Gasteiger partial charge in [-0.3, -0.25) is 9.00 Å². The second-order valence-corrected chi connectivity index (χ2v) is 10.8. The number of nitrogens with zero attached hydrogens (tertiary/aromatic N) is 1. The Hall–Kier alpha value is -2.29. The lowest BCUT2D eigenvalue weighted by atomic mass is 9.91. The minimum Gasteiger partial charge on any atom is -0.755 e. The highest BCUT2D eigenvalue weighted by Gasteiger charge is 2.28. The first-order valence-electron chi connectivity index (χ1n) is 10.7. The summed E-state index contributed by atoms with van der Waals surface area (Å²) in [6, 6.07) is 8.20. The third-order valence-electron chi connectivity index (χ3n) is 5.25. The Balaban J connectivity index is 1.74. The van der Waals surface area contributed by atoms with Gasteiger partial charge < -0.3 is 14.6 Å². The van der Waals surface area contributed by atoms with Crippen LogP contribution in [0.4, 0.5) is 0 Å². The lowest BCUT2D eigenvalue weighted by Gasteiger charge is -2.26. The second-order valence-electron chi connectivity index (χ2n) is 9.21. The number of hydrogen-bond donors (Lipinski definition) is 2. The molecule has 2 unspecified atom stereocenters. The molecule has 0 aliphatic heterocycles. The highest BCUT2D eigenvalue weighted by molar-refractivity contribution is 7.77. The monoisotopic (exact) mass is 472 g/mol.